The van der Waals surface area contributed by atoms with Gasteiger partial charge in [0.1, 0.15) is 13.0 Å². The van der Waals surface area contributed by atoms with Crippen LogP contribution in [0.5, 0.6) is 0 Å². The summed E-state index contributed by atoms with van der Waals surface area (Å²) < 4.78 is 151. The predicted octanol–water partition coefficient (Wildman–Crippen LogP) is 5.22. The van der Waals surface area contributed by atoms with Crippen molar-refractivity contribution in [2.24, 2.45) is 0 Å². The van der Waals surface area contributed by atoms with E-state index >= 15 is 0 Å². The summed E-state index contributed by atoms with van der Waals surface area (Å²) in [6, 6.07) is 0. The molecule has 0 aromatic rings. The normalized spacial score (nSPS) is 20.5. The Bertz CT molecular complexity index is 415. The third kappa shape index (κ3) is 3.40. The van der Waals surface area contributed by atoms with Crippen molar-refractivity contribution in [3.63, 3.8) is 0 Å². The van der Waals surface area contributed by atoms with Crippen LogP contribution < -0.4 is 0 Å². The molecule has 0 aliphatic heterocycles. The third-order valence-electron chi connectivity index (χ3n) is 2.47. The van der Waals surface area contributed by atoms with Crippen LogP contribution in [0.2, 0.25) is 0 Å². The average molecular weight is 377 g/mol. The van der Waals surface area contributed by atoms with Crippen LogP contribution in [0.15, 0.2) is 11.4 Å². The summed E-state index contributed by atoms with van der Waals surface area (Å²) in [7, 11) is 0. The Morgan fingerprint density at radius 1 is 0.909 bits per heavy atom. The molecule has 0 rings (SSSR count). The minimum Gasteiger partial charge on any atom is -0.247 e. The molecule has 13 heteroatoms. The van der Waals surface area contributed by atoms with Crippen molar-refractivity contribution in [1.82, 2.24) is 0 Å². The molecule has 0 fully saturated rings. The van der Waals surface area contributed by atoms with E-state index < -0.39 is 54.1 Å². The lowest BCUT2D eigenvalue weighted by Gasteiger charge is -2.36. The van der Waals surface area contributed by atoms with Crippen LogP contribution in [0, 0.1) is 0 Å². The number of allylic oxidation sites excluding steroid dienone is 1. The highest BCUT2D eigenvalue weighted by molar-refractivity contribution is 6.30. The molecule has 0 heterocycles. The molecule has 0 bridgehead atoms. The summed E-state index contributed by atoms with van der Waals surface area (Å²) in [5, 5.41) is -2.43. The Labute approximate surface area is 119 Å². The lowest BCUT2D eigenvalue weighted by atomic mass is 9.90. The molecule has 132 valence electrons. The van der Waals surface area contributed by atoms with Crippen LogP contribution in [0.25, 0.3) is 0 Å². The van der Waals surface area contributed by atoms with E-state index in [1.807, 2.05) is 0 Å². The van der Waals surface area contributed by atoms with E-state index in [1.165, 1.54) is 0 Å². The third-order valence-corrected chi connectivity index (χ3v) is 2.85. The Morgan fingerprint density at radius 2 is 1.32 bits per heavy atom. The Kier molecular flexibility index (Phi) is 6.13. The summed E-state index contributed by atoms with van der Waals surface area (Å²) in [4.78, 5) is 0. The van der Waals surface area contributed by atoms with Gasteiger partial charge in [-0.15, -0.1) is 0 Å². The van der Waals surface area contributed by atoms with Gasteiger partial charge in [0.05, 0.1) is 5.03 Å². The van der Waals surface area contributed by atoms with E-state index in [0.717, 1.165) is 0 Å². The second kappa shape index (κ2) is 6.36. The Morgan fingerprint density at radius 3 is 1.59 bits per heavy atom. The van der Waals surface area contributed by atoms with Crippen LogP contribution >= 0.6 is 11.6 Å². The lowest BCUT2D eigenvalue weighted by Crippen LogP contribution is -2.62. The molecule has 0 saturated heterocycles. The van der Waals surface area contributed by atoms with Gasteiger partial charge in [-0.05, 0) is 0 Å². The van der Waals surface area contributed by atoms with Gasteiger partial charge < -0.3 is 0 Å². The number of rotatable bonds is 6. The molecular formula is C9H5ClF12. The van der Waals surface area contributed by atoms with Crippen molar-refractivity contribution in [3.8, 4) is 0 Å². The van der Waals surface area contributed by atoms with Crippen molar-refractivity contribution >= 4 is 11.6 Å². The minimum absolute atomic E-state index is 1.24. The molecule has 3 unspecified atom stereocenters. The van der Waals surface area contributed by atoms with Crippen molar-refractivity contribution in [1.29, 1.82) is 0 Å². The van der Waals surface area contributed by atoms with E-state index in [-0.39, 0.29) is 0 Å². The summed E-state index contributed by atoms with van der Waals surface area (Å²) in [6.45, 7) is -3.07. The number of halogens is 13. The first-order valence-corrected chi connectivity index (χ1v) is 5.30. The number of hydrogen-bond acceptors (Lipinski definition) is 0. The van der Waals surface area contributed by atoms with E-state index in [1.54, 1.807) is 0 Å². The van der Waals surface area contributed by atoms with Crippen LogP contribution in [0.4, 0.5) is 52.7 Å². The molecule has 0 amide bonds. The largest absolute Gasteiger partial charge is 0.425 e. The van der Waals surface area contributed by atoms with Crippen molar-refractivity contribution < 1.29 is 52.7 Å². The van der Waals surface area contributed by atoms with Crippen molar-refractivity contribution in [3.05, 3.63) is 11.4 Å². The molecule has 0 aromatic carbocycles. The number of alkyl halides is 11. The summed E-state index contributed by atoms with van der Waals surface area (Å²) in [5.74, 6) is -12.8. The van der Waals surface area contributed by atoms with Crippen molar-refractivity contribution in [2.45, 2.75) is 36.0 Å². The van der Waals surface area contributed by atoms with Crippen LogP contribution in [-0.2, 0) is 0 Å². The molecule has 0 saturated carbocycles. The first-order valence-electron chi connectivity index (χ1n) is 4.92. The predicted molar refractivity (Wildman–Crippen MR) is 50.6 cm³/mol. The molecule has 0 nitrogen and oxygen atoms in total. The van der Waals surface area contributed by atoms with Gasteiger partial charge in [-0.3, -0.25) is 0 Å². The molecule has 0 aromatic heterocycles. The van der Waals surface area contributed by atoms with Gasteiger partial charge in [-0.2, -0.15) is 30.7 Å². The van der Waals surface area contributed by atoms with Crippen LogP contribution in [0.3, 0.4) is 0 Å². The maximum Gasteiger partial charge on any atom is 0.425 e. The van der Waals surface area contributed by atoms with E-state index in [2.05, 4.69) is 11.6 Å². The van der Waals surface area contributed by atoms with Crippen molar-refractivity contribution in [2.75, 3.05) is 6.67 Å². The van der Waals surface area contributed by atoms with Crippen LogP contribution in [-0.4, -0.2) is 42.7 Å². The van der Waals surface area contributed by atoms with Gasteiger partial charge in [0.2, 0.25) is 11.8 Å². The van der Waals surface area contributed by atoms with Gasteiger partial charge in [-0.1, -0.05) is 11.6 Å². The summed E-state index contributed by atoms with van der Waals surface area (Å²) in [5.41, 5.74) is -5.25. The fraction of sp³-hybridized carbons (Fsp3) is 0.778. The van der Waals surface area contributed by atoms with Gasteiger partial charge in [0, 0.05) is 0 Å². The fourth-order valence-electron chi connectivity index (χ4n) is 1.19. The molecular weight excluding hydrogens is 372 g/mol. The van der Waals surface area contributed by atoms with E-state index in [0.29, 0.717) is 0 Å². The Balaban J connectivity index is 5.90. The zero-order valence-corrected chi connectivity index (χ0v) is 10.6. The zero-order valence-electron chi connectivity index (χ0n) is 9.85. The second-order valence-corrected chi connectivity index (χ2v) is 4.36. The van der Waals surface area contributed by atoms with E-state index in [4.69, 9.17) is 0 Å². The monoisotopic (exact) mass is 376 g/mol. The maximum atomic E-state index is 13.5. The SMILES string of the molecule is FC=C(Cl)C(F)(CF)C(F)(F)C(F)C(F)(F)C(F)C(F)(F)F. The van der Waals surface area contributed by atoms with Gasteiger partial charge >= 0.3 is 18.0 Å². The highest BCUT2D eigenvalue weighted by atomic mass is 35.5. The zero-order chi connectivity index (χ0) is 18.1. The average Bonchev–Trinajstić information content (AvgIpc) is 2.42. The summed E-state index contributed by atoms with van der Waals surface area (Å²) in [6.07, 6.45) is -18.7. The molecule has 0 spiro atoms. The highest BCUT2D eigenvalue weighted by Crippen LogP contribution is 2.50. The molecule has 0 radical (unpaired) electrons. The molecule has 3 atom stereocenters. The molecule has 22 heavy (non-hydrogen) atoms. The first kappa shape index (κ1) is 21.2. The number of hydrogen-bond donors (Lipinski definition) is 0. The molecule has 0 N–H and O–H groups in total. The van der Waals surface area contributed by atoms with Gasteiger partial charge in [0.25, 0.3) is 6.17 Å². The topological polar surface area (TPSA) is 0 Å². The lowest BCUT2D eigenvalue weighted by molar-refractivity contribution is -0.295. The smallest absolute Gasteiger partial charge is 0.247 e. The van der Waals surface area contributed by atoms with Gasteiger partial charge in [-0.25, -0.2) is 22.0 Å². The fourth-order valence-corrected chi connectivity index (χ4v) is 1.36. The minimum atomic E-state index is -6.50. The second-order valence-electron chi connectivity index (χ2n) is 3.96. The Hall–Kier alpha value is -0.810. The van der Waals surface area contributed by atoms with Crippen LogP contribution in [0.1, 0.15) is 0 Å². The maximum absolute atomic E-state index is 13.5. The summed E-state index contributed by atoms with van der Waals surface area (Å²) >= 11 is 4.48. The quantitative estimate of drug-likeness (QED) is 0.557. The highest BCUT2D eigenvalue weighted by Gasteiger charge is 2.74. The standard InChI is InChI=1S/C9H5ClF12/c10-3(1-11)6(15,2-12)8(18,19)4(13)7(16,17)5(14)9(20,21)22/h1,4-5H,2H2. The van der Waals surface area contributed by atoms with Gasteiger partial charge in [0.15, 0.2) is 0 Å². The molecule has 0 aliphatic rings. The first-order chi connectivity index (χ1) is 9.60. The molecule has 0 aliphatic carbocycles. The van der Waals surface area contributed by atoms with E-state index in [9.17, 15) is 52.7 Å².